The van der Waals surface area contributed by atoms with Gasteiger partial charge in [0, 0.05) is 19.6 Å². The molecule has 1 fully saturated rings. The van der Waals surface area contributed by atoms with Crippen LogP contribution in [0.2, 0.25) is 0 Å². The first-order valence-corrected chi connectivity index (χ1v) is 5.29. The molecular formula is C11H12F4N2. The lowest BCUT2D eigenvalue weighted by Gasteiger charge is -2.38. The Balaban J connectivity index is 2.32. The highest BCUT2D eigenvalue weighted by molar-refractivity contribution is 5.49. The van der Waals surface area contributed by atoms with Gasteiger partial charge in [0.2, 0.25) is 0 Å². The molecule has 1 unspecified atom stereocenters. The number of hydrogen-bond acceptors (Lipinski definition) is 2. The molecule has 0 saturated carbocycles. The Morgan fingerprint density at radius 3 is 2.59 bits per heavy atom. The van der Waals surface area contributed by atoms with Crippen molar-refractivity contribution in [2.45, 2.75) is 12.2 Å². The van der Waals surface area contributed by atoms with Gasteiger partial charge < -0.3 is 10.2 Å². The quantitative estimate of drug-likeness (QED) is 0.766. The molecule has 2 nitrogen and oxygen atoms in total. The monoisotopic (exact) mass is 248 g/mol. The summed E-state index contributed by atoms with van der Waals surface area (Å²) in [7, 11) is 0. The highest BCUT2D eigenvalue weighted by atomic mass is 19.4. The van der Waals surface area contributed by atoms with Crippen molar-refractivity contribution >= 4 is 5.69 Å². The van der Waals surface area contributed by atoms with Crippen LogP contribution in [0, 0.1) is 5.82 Å². The van der Waals surface area contributed by atoms with Gasteiger partial charge in [0.05, 0.1) is 5.69 Å². The predicted molar refractivity (Wildman–Crippen MR) is 56.5 cm³/mol. The van der Waals surface area contributed by atoms with Gasteiger partial charge in [-0.3, -0.25) is 0 Å². The number of piperazine rings is 1. The van der Waals surface area contributed by atoms with Crippen LogP contribution in [0.15, 0.2) is 24.3 Å². The molecule has 1 aromatic rings. The standard InChI is InChI=1S/C11H12F4N2/c12-8-3-1-2-4-9(8)17-6-5-16-7-10(17)11(13,14)15/h1-4,10,16H,5-7H2. The molecule has 1 aliphatic heterocycles. The van der Waals surface area contributed by atoms with E-state index in [4.69, 9.17) is 0 Å². The molecule has 17 heavy (non-hydrogen) atoms. The molecule has 1 aliphatic rings. The molecule has 1 saturated heterocycles. The van der Waals surface area contributed by atoms with E-state index in [1.165, 1.54) is 24.3 Å². The van der Waals surface area contributed by atoms with Gasteiger partial charge in [-0.15, -0.1) is 0 Å². The molecule has 0 bridgehead atoms. The Morgan fingerprint density at radius 1 is 1.24 bits per heavy atom. The largest absolute Gasteiger partial charge is 0.409 e. The number of para-hydroxylation sites is 1. The van der Waals surface area contributed by atoms with Gasteiger partial charge in [0.15, 0.2) is 0 Å². The van der Waals surface area contributed by atoms with E-state index in [1.807, 2.05) is 0 Å². The zero-order valence-electron chi connectivity index (χ0n) is 8.97. The summed E-state index contributed by atoms with van der Waals surface area (Å²) in [6.45, 7) is 0.351. The first-order chi connectivity index (χ1) is 8.00. The number of hydrogen-bond donors (Lipinski definition) is 1. The van der Waals surface area contributed by atoms with Crippen LogP contribution in [-0.2, 0) is 0 Å². The molecule has 0 spiro atoms. The molecule has 2 rings (SSSR count). The summed E-state index contributed by atoms with van der Waals surface area (Å²) >= 11 is 0. The lowest BCUT2D eigenvalue weighted by atomic mass is 10.1. The van der Waals surface area contributed by atoms with Gasteiger partial charge >= 0.3 is 6.18 Å². The number of rotatable bonds is 1. The van der Waals surface area contributed by atoms with E-state index in [9.17, 15) is 17.6 Å². The van der Waals surface area contributed by atoms with Crippen LogP contribution in [-0.4, -0.2) is 31.9 Å². The fourth-order valence-electron chi connectivity index (χ4n) is 1.97. The van der Waals surface area contributed by atoms with Crippen molar-refractivity contribution in [3.05, 3.63) is 30.1 Å². The highest BCUT2D eigenvalue weighted by Gasteiger charge is 2.45. The Hall–Kier alpha value is -1.30. The van der Waals surface area contributed by atoms with Crippen LogP contribution >= 0.6 is 0 Å². The molecule has 6 heteroatoms. The van der Waals surface area contributed by atoms with Crippen LogP contribution in [0.4, 0.5) is 23.2 Å². The Kier molecular flexibility index (Phi) is 3.24. The zero-order valence-corrected chi connectivity index (χ0v) is 8.97. The SMILES string of the molecule is Fc1ccccc1N1CCNCC1C(F)(F)F. The summed E-state index contributed by atoms with van der Waals surface area (Å²) in [5, 5.41) is 2.68. The van der Waals surface area contributed by atoms with Crippen LogP contribution in [0.1, 0.15) is 0 Å². The lowest BCUT2D eigenvalue weighted by molar-refractivity contribution is -0.149. The first-order valence-electron chi connectivity index (χ1n) is 5.29. The van der Waals surface area contributed by atoms with E-state index < -0.39 is 18.0 Å². The minimum absolute atomic E-state index is 0.0105. The number of halogens is 4. The van der Waals surface area contributed by atoms with Crippen molar-refractivity contribution in [2.24, 2.45) is 0 Å². The van der Waals surface area contributed by atoms with Crippen LogP contribution < -0.4 is 10.2 Å². The zero-order chi connectivity index (χ0) is 12.5. The maximum atomic E-state index is 13.5. The van der Waals surface area contributed by atoms with Gasteiger partial charge in [-0.25, -0.2) is 4.39 Å². The Bertz CT molecular complexity index is 391. The number of benzene rings is 1. The molecule has 0 aromatic heterocycles. The normalized spacial score (nSPS) is 21.6. The molecule has 1 aromatic carbocycles. The third-order valence-corrected chi connectivity index (χ3v) is 2.78. The second-order valence-corrected chi connectivity index (χ2v) is 3.91. The molecule has 1 atom stereocenters. The molecular weight excluding hydrogens is 236 g/mol. The lowest BCUT2D eigenvalue weighted by Crippen LogP contribution is -2.58. The van der Waals surface area contributed by atoms with E-state index in [-0.39, 0.29) is 18.8 Å². The van der Waals surface area contributed by atoms with E-state index in [2.05, 4.69) is 5.32 Å². The summed E-state index contributed by atoms with van der Waals surface area (Å²) in [6.07, 6.45) is -4.37. The molecule has 94 valence electrons. The van der Waals surface area contributed by atoms with E-state index in [1.54, 1.807) is 0 Å². The van der Waals surface area contributed by atoms with Crippen molar-refractivity contribution in [3.63, 3.8) is 0 Å². The number of nitrogens with one attached hydrogen (secondary N) is 1. The van der Waals surface area contributed by atoms with Crippen molar-refractivity contribution in [1.82, 2.24) is 5.32 Å². The summed E-state index contributed by atoms with van der Waals surface area (Å²) in [5.74, 6) is -0.622. The average Bonchev–Trinajstić information content (AvgIpc) is 2.28. The van der Waals surface area contributed by atoms with Crippen LogP contribution in [0.5, 0.6) is 0 Å². The fraction of sp³-hybridized carbons (Fsp3) is 0.455. The van der Waals surface area contributed by atoms with E-state index >= 15 is 0 Å². The second-order valence-electron chi connectivity index (χ2n) is 3.91. The third-order valence-electron chi connectivity index (χ3n) is 2.78. The smallest absolute Gasteiger partial charge is 0.355 e. The molecule has 1 heterocycles. The van der Waals surface area contributed by atoms with Crippen molar-refractivity contribution < 1.29 is 17.6 Å². The minimum Gasteiger partial charge on any atom is -0.355 e. The summed E-state index contributed by atoms with van der Waals surface area (Å²) in [5.41, 5.74) is 0.0105. The Labute approximate surface area is 96.2 Å². The summed E-state index contributed by atoms with van der Waals surface area (Å²) in [4.78, 5) is 1.08. The second kappa shape index (κ2) is 4.52. The van der Waals surface area contributed by atoms with E-state index in [0.29, 0.717) is 6.54 Å². The number of nitrogens with zero attached hydrogens (tertiary/aromatic N) is 1. The minimum atomic E-state index is -4.37. The van der Waals surface area contributed by atoms with Gasteiger partial charge in [0.25, 0.3) is 0 Å². The number of alkyl halides is 3. The van der Waals surface area contributed by atoms with E-state index in [0.717, 1.165) is 4.90 Å². The van der Waals surface area contributed by atoms with Crippen molar-refractivity contribution in [3.8, 4) is 0 Å². The van der Waals surface area contributed by atoms with Crippen LogP contribution in [0.3, 0.4) is 0 Å². The third kappa shape index (κ3) is 2.52. The molecule has 0 amide bonds. The van der Waals surface area contributed by atoms with Crippen molar-refractivity contribution in [2.75, 3.05) is 24.5 Å². The van der Waals surface area contributed by atoms with Gasteiger partial charge in [-0.2, -0.15) is 13.2 Å². The maximum Gasteiger partial charge on any atom is 0.409 e. The maximum absolute atomic E-state index is 13.5. The summed E-state index contributed by atoms with van der Waals surface area (Å²) < 4.78 is 51.9. The average molecular weight is 248 g/mol. The van der Waals surface area contributed by atoms with Gasteiger partial charge in [0.1, 0.15) is 11.9 Å². The number of anilines is 1. The molecule has 0 radical (unpaired) electrons. The van der Waals surface area contributed by atoms with Crippen LogP contribution in [0.25, 0.3) is 0 Å². The van der Waals surface area contributed by atoms with Gasteiger partial charge in [-0.05, 0) is 12.1 Å². The first kappa shape index (κ1) is 12.2. The van der Waals surface area contributed by atoms with Gasteiger partial charge in [-0.1, -0.05) is 12.1 Å². The van der Waals surface area contributed by atoms with Crippen molar-refractivity contribution in [1.29, 1.82) is 0 Å². The Morgan fingerprint density at radius 2 is 1.94 bits per heavy atom. The fourth-order valence-corrected chi connectivity index (χ4v) is 1.97. The summed E-state index contributed by atoms with van der Waals surface area (Å²) in [6, 6.07) is 3.87. The molecule has 0 aliphatic carbocycles. The molecule has 1 N–H and O–H groups in total. The highest BCUT2D eigenvalue weighted by Crippen LogP contribution is 2.30. The topological polar surface area (TPSA) is 15.3 Å². The predicted octanol–water partition coefficient (Wildman–Crippen LogP) is 2.17.